The zero-order valence-corrected chi connectivity index (χ0v) is 14.4. The zero-order chi connectivity index (χ0) is 17.4. The van der Waals surface area contributed by atoms with Crippen molar-refractivity contribution in [2.45, 2.75) is 26.7 Å². The second-order valence-electron chi connectivity index (χ2n) is 5.42. The lowest BCUT2D eigenvalue weighted by molar-refractivity contribution is 0.102. The van der Waals surface area contributed by atoms with Crippen molar-refractivity contribution >= 4 is 17.4 Å². The van der Waals surface area contributed by atoms with Crippen LogP contribution < -0.4 is 10.6 Å². The van der Waals surface area contributed by atoms with E-state index in [0.717, 1.165) is 30.6 Å². The molecule has 6 nitrogen and oxygen atoms in total. The van der Waals surface area contributed by atoms with E-state index in [1.54, 1.807) is 20.1 Å². The van der Waals surface area contributed by atoms with Gasteiger partial charge in [0.2, 0.25) is 0 Å². The number of hydrogen-bond donors (Lipinski definition) is 2. The van der Waals surface area contributed by atoms with E-state index >= 15 is 0 Å². The quantitative estimate of drug-likeness (QED) is 0.728. The highest BCUT2D eigenvalue weighted by molar-refractivity contribution is 6.03. The minimum absolute atomic E-state index is 0.235. The third-order valence-electron chi connectivity index (χ3n) is 3.55. The van der Waals surface area contributed by atoms with Gasteiger partial charge in [0.15, 0.2) is 0 Å². The van der Waals surface area contributed by atoms with Crippen LogP contribution in [0.3, 0.4) is 0 Å². The number of aromatic nitrogens is 2. The predicted molar refractivity (Wildman–Crippen MR) is 95.5 cm³/mol. The Balaban J connectivity index is 2.09. The first-order valence-electron chi connectivity index (χ1n) is 8.11. The Hall–Kier alpha value is -2.47. The summed E-state index contributed by atoms with van der Waals surface area (Å²) in [6, 6.07) is 9.44. The second kappa shape index (κ2) is 8.98. The van der Waals surface area contributed by atoms with Gasteiger partial charge in [-0.2, -0.15) is 0 Å². The number of ether oxygens (including phenoxy) is 1. The van der Waals surface area contributed by atoms with E-state index in [4.69, 9.17) is 4.74 Å². The van der Waals surface area contributed by atoms with Gasteiger partial charge in [-0.05, 0) is 31.4 Å². The summed E-state index contributed by atoms with van der Waals surface area (Å²) in [6.07, 6.45) is 1.72. The van der Waals surface area contributed by atoms with Gasteiger partial charge in [0.25, 0.3) is 5.91 Å². The number of amides is 1. The number of nitrogens with zero attached hydrogens (tertiary/aromatic N) is 2. The minimum atomic E-state index is -0.235. The van der Waals surface area contributed by atoms with Gasteiger partial charge in [0.1, 0.15) is 17.3 Å². The molecular formula is C18H24N4O2. The topological polar surface area (TPSA) is 76.1 Å². The van der Waals surface area contributed by atoms with E-state index in [0.29, 0.717) is 23.9 Å². The van der Waals surface area contributed by atoms with Crippen LogP contribution in [0.1, 0.15) is 35.2 Å². The number of methoxy groups -OCH3 is 1. The third-order valence-corrected chi connectivity index (χ3v) is 3.55. The number of anilines is 2. The highest BCUT2D eigenvalue weighted by Gasteiger charge is 2.12. The molecule has 1 aromatic heterocycles. The predicted octanol–water partition coefficient (Wildman–Crippen LogP) is 3.05. The number of para-hydroxylation sites is 1. The molecular weight excluding hydrogens is 304 g/mol. The number of benzene rings is 1. The van der Waals surface area contributed by atoms with Crippen LogP contribution >= 0.6 is 0 Å². The maximum Gasteiger partial charge on any atom is 0.274 e. The second-order valence-corrected chi connectivity index (χ2v) is 5.42. The lowest BCUT2D eigenvalue weighted by Gasteiger charge is -2.11. The standard InChI is InChI=1S/C18H24N4O2/c1-4-14-8-5-6-9-15(14)22-18(23)16-12-17(21-13(2)20-16)19-10-7-11-24-3/h5-6,8-9,12H,4,7,10-11H2,1-3H3,(H,22,23)(H,19,20,21). The molecule has 2 aromatic rings. The van der Waals surface area contributed by atoms with Crippen LogP contribution in [-0.4, -0.2) is 36.1 Å². The first-order valence-corrected chi connectivity index (χ1v) is 8.11. The molecule has 1 amide bonds. The van der Waals surface area contributed by atoms with Crippen molar-refractivity contribution in [3.05, 3.63) is 47.4 Å². The van der Waals surface area contributed by atoms with Crippen molar-refractivity contribution < 1.29 is 9.53 Å². The van der Waals surface area contributed by atoms with Gasteiger partial charge in [-0.3, -0.25) is 4.79 Å². The highest BCUT2D eigenvalue weighted by atomic mass is 16.5. The lowest BCUT2D eigenvalue weighted by Crippen LogP contribution is -2.17. The van der Waals surface area contributed by atoms with Crippen LogP contribution in [0.25, 0.3) is 0 Å². The smallest absolute Gasteiger partial charge is 0.274 e. The first-order chi connectivity index (χ1) is 11.6. The summed E-state index contributed by atoms with van der Waals surface area (Å²) in [6.45, 7) is 5.24. The van der Waals surface area contributed by atoms with Crippen LogP contribution in [0.15, 0.2) is 30.3 Å². The van der Waals surface area contributed by atoms with Crippen molar-refractivity contribution in [2.24, 2.45) is 0 Å². The first kappa shape index (κ1) is 17.9. The van der Waals surface area contributed by atoms with Crippen LogP contribution in [0.2, 0.25) is 0 Å². The summed E-state index contributed by atoms with van der Waals surface area (Å²) in [5.74, 6) is 0.967. The molecule has 128 valence electrons. The number of aryl methyl sites for hydroxylation is 2. The van der Waals surface area contributed by atoms with Crippen molar-refractivity contribution in [3.63, 3.8) is 0 Å². The van der Waals surface area contributed by atoms with Gasteiger partial charge in [-0.1, -0.05) is 25.1 Å². The molecule has 0 radical (unpaired) electrons. The molecule has 0 saturated carbocycles. The van der Waals surface area contributed by atoms with Crippen molar-refractivity contribution in [1.29, 1.82) is 0 Å². The number of rotatable bonds is 8. The van der Waals surface area contributed by atoms with E-state index < -0.39 is 0 Å². The van der Waals surface area contributed by atoms with Crippen molar-refractivity contribution in [3.8, 4) is 0 Å². The molecule has 0 spiro atoms. The minimum Gasteiger partial charge on any atom is -0.385 e. The van der Waals surface area contributed by atoms with Gasteiger partial charge >= 0.3 is 0 Å². The molecule has 0 aliphatic rings. The molecule has 0 unspecified atom stereocenters. The van der Waals surface area contributed by atoms with Gasteiger partial charge in [-0.25, -0.2) is 9.97 Å². The Morgan fingerprint density at radius 2 is 2.04 bits per heavy atom. The molecule has 6 heteroatoms. The van der Waals surface area contributed by atoms with Crippen molar-refractivity contribution in [1.82, 2.24) is 9.97 Å². The summed E-state index contributed by atoms with van der Waals surface area (Å²) in [7, 11) is 1.67. The summed E-state index contributed by atoms with van der Waals surface area (Å²) < 4.78 is 5.02. The summed E-state index contributed by atoms with van der Waals surface area (Å²) in [5, 5.41) is 6.12. The maximum absolute atomic E-state index is 12.5. The van der Waals surface area contributed by atoms with Crippen LogP contribution in [0, 0.1) is 6.92 Å². The van der Waals surface area contributed by atoms with E-state index in [2.05, 4.69) is 27.5 Å². The number of carbonyl (C=O) groups is 1. The summed E-state index contributed by atoms with van der Waals surface area (Å²) >= 11 is 0. The summed E-state index contributed by atoms with van der Waals surface area (Å²) in [4.78, 5) is 21.1. The van der Waals surface area contributed by atoms with E-state index in [9.17, 15) is 4.79 Å². The Morgan fingerprint density at radius 1 is 1.25 bits per heavy atom. The Morgan fingerprint density at radius 3 is 2.79 bits per heavy atom. The molecule has 0 aliphatic heterocycles. The molecule has 2 rings (SSSR count). The number of nitrogens with one attached hydrogen (secondary N) is 2. The largest absolute Gasteiger partial charge is 0.385 e. The van der Waals surface area contributed by atoms with Crippen molar-refractivity contribution in [2.75, 3.05) is 30.9 Å². The maximum atomic E-state index is 12.5. The molecule has 2 N–H and O–H groups in total. The molecule has 0 saturated heterocycles. The van der Waals surface area contributed by atoms with Gasteiger partial charge in [0.05, 0.1) is 0 Å². The Labute approximate surface area is 142 Å². The van der Waals surface area contributed by atoms with Crippen LogP contribution in [0.4, 0.5) is 11.5 Å². The molecule has 24 heavy (non-hydrogen) atoms. The molecule has 0 aliphatic carbocycles. The lowest BCUT2D eigenvalue weighted by atomic mass is 10.1. The van der Waals surface area contributed by atoms with Crippen LogP contribution in [0.5, 0.6) is 0 Å². The molecule has 1 heterocycles. The van der Waals surface area contributed by atoms with E-state index in [1.165, 1.54) is 0 Å². The van der Waals surface area contributed by atoms with Gasteiger partial charge < -0.3 is 15.4 Å². The van der Waals surface area contributed by atoms with Gasteiger partial charge in [-0.15, -0.1) is 0 Å². The molecule has 0 bridgehead atoms. The highest BCUT2D eigenvalue weighted by Crippen LogP contribution is 2.17. The Bertz CT molecular complexity index is 688. The fourth-order valence-electron chi connectivity index (χ4n) is 2.34. The average molecular weight is 328 g/mol. The average Bonchev–Trinajstić information content (AvgIpc) is 2.58. The normalized spacial score (nSPS) is 10.5. The number of hydrogen-bond acceptors (Lipinski definition) is 5. The molecule has 0 fully saturated rings. The third kappa shape index (κ3) is 5.03. The monoisotopic (exact) mass is 328 g/mol. The van der Waals surface area contributed by atoms with Crippen LogP contribution in [-0.2, 0) is 11.2 Å². The fraction of sp³-hybridized carbons (Fsp3) is 0.389. The SMILES string of the molecule is CCc1ccccc1NC(=O)c1cc(NCCCOC)nc(C)n1. The summed E-state index contributed by atoms with van der Waals surface area (Å²) in [5.41, 5.74) is 2.26. The molecule has 0 atom stereocenters. The molecule has 1 aromatic carbocycles. The zero-order valence-electron chi connectivity index (χ0n) is 14.4. The van der Waals surface area contributed by atoms with E-state index in [-0.39, 0.29) is 5.91 Å². The fourth-order valence-corrected chi connectivity index (χ4v) is 2.34. The Kier molecular flexibility index (Phi) is 6.69. The number of carbonyl (C=O) groups excluding carboxylic acids is 1. The van der Waals surface area contributed by atoms with Gasteiger partial charge in [0, 0.05) is 32.0 Å². The van der Waals surface area contributed by atoms with E-state index in [1.807, 2.05) is 24.3 Å².